The summed E-state index contributed by atoms with van der Waals surface area (Å²) in [5.74, 6) is 0. The van der Waals surface area contributed by atoms with E-state index in [9.17, 15) is 17.6 Å². The molecule has 7 nitrogen and oxygen atoms in total. The minimum absolute atomic E-state index is 0.0970. The van der Waals surface area contributed by atoms with Gasteiger partial charge in [0.1, 0.15) is 11.8 Å². The van der Waals surface area contributed by atoms with Crippen LogP contribution in [0.15, 0.2) is 29.4 Å². The molecule has 1 N–H and O–H groups in total. The van der Waals surface area contributed by atoms with Gasteiger partial charge >= 0.3 is 6.09 Å². The molecule has 24 heavy (non-hydrogen) atoms. The van der Waals surface area contributed by atoms with E-state index in [1.165, 1.54) is 12.3 Å². The Labute approximate surface area is 141 Å². The molecule has 2 unspecified atom stereocenters. The van der Waals surface area contributed by atoms with E-state index in [1.807, 2.05) is 0 Å². The van der Waals surface area contributed by atoms with Crippen LogP contribution in [0.25, 0.3) is 0 Å². The van der Waals surface area contributed by atoms with Crippen molar-refractivity contribution >= 4 is 16.1 Å². The number of carbonyl (C=O) groups is 1. The standard InChI is InChI=1S/C15H22FN3O4S/c1-15(2,3)23-14(20)18-12-7-9-19(10-11(12)16)24(21,22)13-6-4-5-8-17-13/h4-6,8,11-12H,7,9-10H2,1-3H3,(H,18,20). The van der Waals surface area contributed by atoms with Gasteiger partial charge in [0.25, 0.3) is 10.0 Å². The number of hydrogen-bond donors (Lipinski definition) is 1. The van der Waals surface area contributed by atoms with Gasteiger partial charge in [0.2, 0.25) is 0 Å². The molecule has 2 rings (SSSR count). The zero-order valence-electron chi connectivity index (χ0n) is 13.9. The zero-order chi connectivity index (χ0) is 18.0. The van der Waals surface area contributed by atoms with Crippen LogP contribution in [0.5, 0.6) is 0 Å². The van der Waals surface area contributed by atoms with Crippen LogP contribution in [0.2, 0.25) is 0 Å². The summed E-state index contributed by atoms with van der Waals surface area (Å²) < 4.78 is 45.4. The summed E-state index contributed by atoms with van der Waals surface area (Å²) in [6.07, 6.45) is -0.704. The Kier molecular flexibility index (Phi) is 5.44. The number of nitrogens with one attached hydrogen (secondary N) is 1. The van der Waals surface area contributed by atoms with E-state index >= 15 is 0 Å². The van der Waals surface area contributed by atoms with Crippen LogP contribution in [0.4, 0.5) is 9.18 Å². The van der Waals surface area contributed by atoms with Gasteiger partial charge in [-0.1, -0.05) is 6.07 Å². The molecule has 1 saturated heterocycles. The number of ether oxygens (including phenoxy) is 1. The van der Waals surface area contributed by atoms with Crippen LogP contribution in [-0.4, -0.2) is 54.7 Å². The molecule has 134 valence electrons. The molecule has 9 heteroatoms. The molecular weight excluding hydrogens is 337 g/mol. The van der Waals surface area contributed by atoms with Crippen LogP contribution in [0.1, 0.15) is 27.2 Å². The van der Waals surface area contributed by atoms with Crippen molar-refractivity contribution in [1.82, 2.24) is 14.6 Å². The average Bonchev–Trinajstić information content (AvgIpc) is 2.48. The van der Waals surface area contributed by atoms with Crippen molar-refractivity contribution in [3.05, 3.63) is 24.4 Å². The van der Waals surface area contributed by atoms with E-state index in [0.29, 0.717) is 0 Å². The van der Waals surface area contributed by atoms with Gasteiger partial charge in [0, 0.05) is 19.3 Å². The molecule has 0 spiro atoms. The lowest BCUT2D eigenvalue weighted by atomic mass is 10.1. The molecule has 0 aliphatic carbocycles. The minimum Gasteiger partial charge on any atom is -0.444 e. The van der Waals surface area contributed by atoms with Crippen LogP contribution in [0.3, 0.4) is 0 Å². The number of piperidine rings is 1. The fourth-order valence-corrected chi connectivity index (χ4v) is 3.74. The number of amides is 1. The van der Waals surface area contributed by atoms with Crippen molar-refractivity contribution in [3.8, 4) is 0 Å². The van der Waals surface area contributed by atoms with Crippen molar-refractivity contribution < 1.29 is 22.3 Å². The van der Waals surface area contributed by atoms with E-state index in [0.717, 1.165) is 4.31 Å². The van der Waals surface area contributed by atoms with Gasteiger partial charge in [-0.2, -0.15) is 4.31 Å². The van der Waals surface area contributed by atoms with Crippen molar-refractivity contribution in [2.24, 2.45) is 0 Å². The number of hydrogen-bond acceptors (Lipinski definition) is 5. The van der Waals surface area contributed by atoms with Crippen molar-refractivity contribution in [3.63, 3.8) is 0 Å². The highest BCUT2D eigenvalue weighted by atomic mass is 32.2. The normalized spacial score (nSPS) is 22.8. The third-order valence-electron chi connectivity index (χ3n) is 3.45. The molecule has 0 radical (unpaired) electrons. The Bertz CT molecular complexity index is 676. The fourth-order valence-electron chi connectivity index (χ4n) is 2.35. The second kappa shape index (κ2) is 7.02. The number of halogens is 1. The second-order valence-corrected chi connectivity index (χ2v) is 8.47. The zero-order valence-corrected chi connectivity index (χ0v) is 14.7. The Morgan fingerprint density at radius 2 is 2.12 bits per heavy atom. The smallest absolute Gasteiger partial charge is 0.407 e. The predicted molar refractivity (Wildman–Crippen MR) is 85.7 cm³/mol. The van der Waals surface area contributed by atoms with Gasteiger partial charge < -0.3 is 10.1 Å². The van der Waals surface area contributed by atoms with Crippen LogP contribution < -0.4 is 5.32 Å². The van der Waals surface area contributed by atoms with Gasteiger partial charge in [-0.3, -0.25) is 0 Å². The molecule has 2 atom stereocenters. The molecule has 0 bridgehead atoms. The quantitative estimate of drug-likeness (QED) is 0.887. The Morgan fingerprint density at radius 1 is 1.42 bits per heavy atom. The molecule has 1 amide bonds. The van der Waals surface area contributed by atoms with Gasteiger partial charge in [0.05, 0.1) is 6.04 Å². The molecular formula is C15H22FN3O4S. The van der Waals surface area contributed by atoms with E-state index in [4.69, 9.17) is 4.74 Å². The number of carbonyl (C=O) groups excluding carboxylic acids is 1. The molecule has 0 aromatic carbocycles. The number of aromatic nitrogens is 1. The fraction of sp³-hybridized carbons (Fsp3) is 0.600. The summed E-state index contributed by atoms with van der Waals surface area (Å²) >= 11 is 0. The van der Waals surface area contributed by atoms with Crippen LogP contribution in [-0.2, 0) is 14.8 Å². The van der Waals surface area contributed by atoms with E-state index in [2.05, 4.69) is 10.3 Å². The number of alkyl halides is 1. The summed E-state index contributed by atoms with van der Waals surface area (Å²) in [7, 11) is -3.84. The number of sulfonamides is 1. The minimum atomic E-state index is -3.84. The lowest BCUT2D eigenvalue weighted by molar-refractivity contribution is 0.0438. The van der Waals surface area contributed by atoms with Crippen molar-refractivity contribution in [1.29, 1.82) is 0 Å². The lowest BCUT2D eigenvalue weighted by Gasteiger charge is -2.34. The van der Waals surface area contributed by atoms with Crippen molar-refractivity contribution in [2.45, 2.75) is 50.0 Å². The first-order valence-corrected chi connectivity index (χ1v) is 9.08. The number of alkyl carbamates (subject to hydrolysis) is 1. The number of nitrogens with zero attached hydrogens (tertiary/aromatic N) is 2. The summed E-state index contributed by atoms with van der Waals surface area (Å²) in [6, 6.07) is 3.75. The molecule has 2 heterocycles. The average molecular weight is 359 g/mol. The third-order valence-corrected chi connectivity index (χ3v) is 5.23. The largest absolute Gasteiger partial charge is 0.444 e. The molecule has 1 aliphatic heterocycles. The first-order chi connectivity index (χ1) is 11.1. The number of pyridine rings is 1. The first kappa shape index (κ1) is 18.6. The lowest BCUT2D eigenvalue weighted by Crippen LogP contribution is -2.54. The Balaban J connectivity index is 1.99. The maximum Gasteiger partial charge on any atom is 0.407 e. The van der Waals surface area contributed by atoms with Gasteiger partial charge in [-0.25, -0.2) is 22.6 Å². The van der Waals surface area contributed by atoms with Crippen LogP contribution in [0, 0.1) is 0 Å². The molecule has 1 aromatic heterocycles. The summed E-state index contributed by atoms with van der Waals surface area (Å²) in [4.78, 5) is 15.5. The molecule has 1 aliphatic rings. The maximum atomic E-state index is 14.3. The SMILES string of the molecule is CC(C)(C)OC(=O)NC1CCN(S(=O)(=O)c2ccccn2)CC1F. The topological polar surface area (TPSA) is 88.6 Å². The highest BCUT2D eigenvalue weighted by Gasteiger charge is 2.37. The second-order valence-electron chi connectivity index (χ2n) is 6.59. The first-order valence-electron chi connectivity index (χ1n) is 7.64. The van der Waals surface area contributed by atoms with E-state index < -0.39 is 33.9 Å². The van der Waals surface area contributed by atoms with E-state index in [-0.39, 0.29) is 24.5 Å². The van der Waals surface area contributed by atoms with Crippen molar-refractivity contribution in [2.75, 3.05) is 13.1 Å². The Hall–Kier alpha value is -1.74. The van der Waals surface area contributed by atoms with Gasteiger partial charge in [0.15, 0.2) is 5.03 Å². The molecule has 1 aromatic rings. The van der Waals surface area contributed by atoms with Crippen LogP contribution >= 0.6 is 0 Å². The molecule has 0 saturated carbocycles. The third kappa shape index (κ3) is 4.64. The van der Waals surface area contributed by atoms with E-state index in [1.54, 1.807) is 32.9 Å². The molecule has 1 fully saturated rings. The van der Waals surface area contributed by atoms with Gasteiger partial charge in [-0.15, -0.1) is 0 Å². The number of rotatable bonds is 3. The monoisotopic (exact) mass is 359 g/mol. The predicted octanol–water partition coefficient (Wildman–Crippen LogP) is 1.71. The highest BCUT2D eigenvalue weighted by Crippen LogP contribution is 2.21. The Morgan fingerprint density at radius 3 is 2.67 bits per heavy atom. The summed E-state index contributed by atoms with van der Waals surface area (Å²) in [6.45, 7) is 4.89. The summed E-state index contributed by atoms with van der Waals surface area (Å²) in [5, 5.41) is 2.35. The van der Waals surface area contributed by atoms with Gasteiger partial charge in [-0.05, 0) is 39.3 Å². The maximum absolute atomic E-state index is 14.3. The summed E-state index contributed by atoms with van der Waals surface area (Å²) in [5.41, 5.74) is -0.682. The highest BCUT2D eigenvalue weighted by molar-refractivity contribution is 7.89.